The number of carboxylic acid groups (broad SMARTS) is 1. The highest BCUT2D eigenvalue weighted by atomic mass is 16.4. The minimum atomic E-state index is -1.14. The van der Waals surface area contributed by atoms with Crippen LogP contribution in [0.1, 0.15) is 67.3 Å². The molecule has 0 spiro atoms. The molecule has 4 aliphatic carbocycles. The molecule has 6 rings (SSSR count). The topological polar surface area (TPSA) is 60.4 Å². The Bertz CT molecular complexity index is 703. The van der Waals surface area contributed by atoms with Crippen LogP contribution in [0.25, 0.3) is 0 Å². The fourth-order valence-electron chi connectivity index (χ4n) is 6.85. The van der Waals surface area contributed by atoms with E-state index in [4.69, 9.17) is 0 Å². The van der Waals surface area contributed by atoms with Gasteiger partial charge in [0.2, 0.25) is 0 Å². The van der Waals surface area contributed by atoms with Gasteiger partial charge in [-0.3, -0.25) is 4.79 Å². The van der Waals surface area contributed by atoms with Crippen LogP contribution < -0.4 is 5.11 Å². The number of hydrogen-bond acceptors (Lipinski definition) is 3. The molecule has 4 saturated carbocycles. The van der Waals surface area contributed by atoms with Crippen molar-refractivity contribution in [2.24, 2.45) is 17.8 Å². The lowest BCUT2D eigenvalue weighted by atomic mass is 9.48. The SMILES string of the molecule is O=C([O-])[C@@H]1CCCN1C(=O)c1ccc(C23CC4CC(CC(C4)C2)C3)cc1. The lowest BCUT2D eigenvalue weighted by Crippen LogP contribution is -2.48. The van der Waals surface area contributed by atoms with Crippen LogP contribution in [0.3, 0.4) is 0 Å². The fraction of sp³-hybridized carbons (Fsp3) is 0.636. The van der Waals surface area contributed by atoms with Gasteiger partial charge in [0.25, 0.3) is 5.91 Å². The summed E-state index contributed by atoms with van der Waals surface area (Å²) in [4.78, 5) is 25.5. The third kappa shape index (κ3) is 2.49. The van der Waals surface area contributed by atoms with Crippen molar-refractivity contribution >= 4 is 11.9 Å². The highest BCUT2D eigenvalue weighted by Crippen LogP contribution is 2.60. The maximum atomic E-state index is 12.8. The van der Waals surface area contributed by atoms with E-state index in [2.05, 4.69) is 12.1 Å². The average molecular weight is 352 g/mol. The maximum Gasteiger partial charge on any atom is 0.254 e. The molecule has 4 nitrogen and oxygen atoms in total. The Morgan fingerprint density at radius 1 is 0.962 bits per heavy atom. The molecule has 1 heterocycles. The molecule has 1 aromatic carbocycles. The number of benzene rings is 1. The Morgan fingerprint density at radius 3 is 2.08 bits per heavy atom. The van der Waals surface area contributed by atoms with E-state index in [1.807, 2.05) is 12.1 Å². The summed E-state index contributed by atoms with van der Waals surface area (Å²) in [6.45, 7) is 0.508. The van der Waals surface area contributed by atoms with Gasteiger partial charge in [0.15, 0.2) is 0 Å². The van der Waals surface area contributed by atoms with Crippen LogP contribution >= 0.6 is 0 Å². The van der Waals surface area contributed by atoms with E-state index >= 15 is 0 Å². The van der Waals surface area contributed by atoms with Gasteiger partial charge in [-0.1, -0.05) is 12.1 Å². The lowest BCUT2D eigenvalue weighted by molar-refractivity contribution is -0.310. The van der Waals surface area contributed by atoms with E-state index in [1.165, 1.54) is 49.0 Å². The molecule has 0 N–H and O–H groups in total. The Morgan fingerprint density at radius 2 is 1.54 bits per heavy atom. The smallest absolute Gasteiger partial charge is 0.254 e. The first-order valence-electron chi connectivity index (χ1n) is 10.2. The minimum Gasteiger partial charge on any atom is -0.548 e. The summed E-state index contributed by atoms with van der Waals surface area (Å²) in [7, 11) is 0. The quantitative estimate of drug-likeness (QED) is 0.840. The zero-order valence-corrected chi connectivity index (χ0v) is 15.2. The van der Waals surface area contributed by atoms with Crippen molar-refractivity contribution in [3.63, 3.8) is 0 Å². The second-order valence-electron chi connectivity index (χ2n) is 9.25. The van der Waals surface area contributed by atoms with E-state index in [-0.39, 0.29) is 5.91 Å². The molecule has 1 atom stereocenters. The number of carboxylic acids is 1. The molecule has 1 saturated heterocycles. The molecule has 5 aliphatic rings. The van der Waals surface area contributed by atoms with Gasteiger partial charge in [0.1, 0.15) is 0 Å². The van der Waals surface area contributed by atoms with Crippen molar-refractivity contribution in [2.45, 2.75) is 62.8 Å². The normalized spacial score (nSPS) is 37.9. The lowest BCUT2D eigenvalue weighted by Gasteiger charge is -2.57. The highest BCUT2D eigenvalue weighted by molar-refractivity contribution is 5.96. The minimum absolute atomic E-state index is 0.172. The molecule has 1 aromatic rings. The third-order valence-electron chi connectivity index (χ3n) is 7.57. The predicted molar refractivity (Wildman–Crippen MR) is 95.4 cm³/mol. The Labute approximate surface area is 154 Å². The van der Waals surface area contributed by atoms with Crippen LogP contribution in [-0.2, 0) is 10.2 Å². The molecule has 1 aliphatic heterocycles. The summed E-state index contributed by atoms with van der Waals surface area (Å²) in [5, 5.41) is 11.3. The number of likely N-dealkylation sites (tertiary alicyclic amines) is 1. The zero-order valence-electron chi connectivity index (χ0n) is 15.2. The van der Waals surface area contributed by atoms with Gasteiger partial charge in [0.05, 0.1) is 12.0 Å². The largest absolute Gasteiger partial charge is 0.548 e. The van der Waals surface area contributed by atoms with E-state index < -0.39 is 12.0 Å². The van der Waals surface area contributed by atoms with E-state index in [9.17, 15) is 14.7 Å². The number of amides is 1. The van der Waals surface area contributed by atoms with Crippen molar-refractivity contribution in [3.05, 3.63) is 35.4 Å². The van der Waals surface area contributed by atoms with Gasteiger partial charge < -0.3 is 14.8 Å². The van der Waals surface area contributed by atoms with Gasteiger partial charge in [-0.15, -0.1) is 0 Å². The number of carbonyl (C=O) groups excluding carboxylic acids is 2. The Kier molecular flexibility index (Phi) is 3.67. The van der Waals surface area contributed by atoms with Crippen LogP contribution in [0.2, 0.25) is 0 Å². The van der Waals surface area contributed by atoms with Crippen LogP contribution in [0.15, 0.2) is 24.3 Å². The summed E-state index contributed by atoms with van der Waals surface area (Å²) < 4.78 is 0. The van der Waals surface area contributed by atoms with E-state index in [1.54, 1.807) is 0 Å². The first kappa shape index (κ1) is 16.3. The summed E-state index contributed by atoms with van der Waals surface area (Å²) in [5.74, 6) is 1.39. The fourth-order valence-corrected chi connectivity index (χ4v) is 6.85. The molecular weight excluding hydrogens is 326 g/mol. The van der Waals surface area contributed by atoms with Crippen LogP contribution in [0.5, 0.6) is 0 Å². The van der Waals surface area contributed by atoms with Crippen molar-refractivity contribution < 1.29 is 14.7 Å². The van der Waals surface area contributed by atoms with E-state index in [0.717, 1.165) is 24.2 Å². The molecule has 26 heavy (non-hydrogen) atoms. The first-order chi connectivity index (χ1) is 12.5. The Hall–Kier alpha value is -1.84. The van der Waals surface area contributed by atoms with Crippen molar-refractivity contribution in [3.8, 4) is 0 Å². The maximum absolute atomic E-state index is 12.8. The Balaban J connectivity index is 1.38. The van der Waals surface area contributed by atoms with Gasteiger partial charge in [0, 0.05) is 12.1 Å². The molecule has 1 amide bonds. The third-order valence-corrected chi connectivity index (χ3v) is 7.57. The van der Waals surface area contributed by atoms with Gasteiger partial charge in [-0.25, -0.2) is 0 Å². The predicted octanol–water partition coefficient (Wildman–Crippen LogP) is 2.51. The highest BCUT2D eigenvalue weighted by Gasteiger charge is 2.51. The summed E-state index contributed by atoms with van der Waals surface area (Å²) in [6.07, 6.45) is 9.44. The van der Waals surface area contributed by atoms with Crippen LogP contribution in [0.4, 0.5) is 0 Å². The van der Waals surface area contributed by atoms with Gasteiger partial charge in [-0.2, -0.15) is 0 Å². The average Bonchev–Trinajstić information content (AvgIpc) is 3.10. The number of nitrogens with zero attached hydrogens (tertiary/aromatic N) is 1. The monoisotopic (exact) mass is 352 g/mol. The zero-order chi connectivity index (χ0) is 17.9. The van der Waals surface area contributed by atoms with Gasteiger partial charge >= 0.3 is 0 Å². The van der Waals surface area contributed by atoms with E-state index in [0.29, 0.717) is 23.9 Å². The second-order valence-corrected chi connectivity index (χ2v) is 9.25. The summed E-state index contributed by atoms with van der Waals surface area (Å²) >= 11 is 0. The summed E-state index contributed by atoms with van der Waals surface area (Å²) in [6, 6.07) is 7.35. The molecule has 0 radical (unpaired) electrons. The van der Waals surface area contributed by atoms with Gasteiger partial charge in [-0.05, 0) is 92.2 Å². The molecule has 5 fully saturated rings. The number of carbonyl (C=O) groups is 2. The standard InChI is InChI=1S/C22H27NO3/c24-20(23-7-1-2-19(23)21(25)26)17-3-5-18(6-4-17)22-11-14-8-15(12-22)10-16(9-14)13-22/h3-6,14-16,19H,1-2,7-13H2,(H,25,26)/p-1/t14?,15?,16?,19-,22?/m0/s1. The molecular formula is C22H26NO3-. The van der Waals surface area contributed by atoms with Crippen molar-refractivity contribution in [1.82, 2.24) is 4.90 Å². The molecule has 4 heteroatoms. The summed E-state index contributed by atoms with van der Waals surface area (Å²) in [5.41, 5.74) is 2.33. The first-order valence-corrected chi connectivity index (χ1v) is 10.2. The number of hydrogen-bond donors (Lipinski definition) is 0. The van der Waals surface area contributed by atoms with Crippen molar-refractivity contribution in [1.29, 1.82) is 0 Å². The number of rotatable bonds is 3. The second kappa shape index (κ2) is 5.83. The molecule has 0 aromatic heterocycles. The van der Waals surface area contributed by atoms with Crippen molar-refractivity contribution in [2.75, 3.05) is 6.54 Å². The number of aliphatic carboxylic acids is 1. The van der Waals surface area contributed by atoms with Crippen LogP contribution in [-0.4, -0.2) is 29.4 Å². The van der Waals surface area contributed by atoms with Crippen LogP contribution in [0, 0.1) is 17.8 Å². The molecule has 138 valence electrons. The molecule has 0 unspecified atom stereocenters. The molecule has 4 bridgehead atoms.